The van der Waals surface area contributed by atoms with E-state index in [1.54, 1.807) is 6.07 Å². The van der Waals surface area contributed by atoms with Crippen molar-refractivity contribution in [2.45, 2.75) is 4.83 Å². The lowest BCUT2D eigenvalue weighted by Gasteiger charge is -2.09. The van der Waals surface area contributed by atoms with Crippen molar-refractivity contribution in [1.29, 1.82) is 0 Å². The van der Waals surface area contributed by atoms with Crippen molar-refractivity contribution in [3.63, 3.8) is 0 Å². The molecule has 2 rings (SSSR count). The lowest BCUT2D eigenvalue weighted by Crippen LogP contribution is -1.96. The summed E-state index contributed by atoms with van der Waals surface area (Å²) >= 11 is 4.87. The van der Waals surface area contributed by atoms with Crippen LogP contribution in [0.2, 0.25) is 0 Å². The number of halogens is 3. The molecule has 0 fully saturated rings. The van der Waals surface area contributed by atoms with E-state index in [1.807, 2.05) is 17.5 Å². The highest BCUT2D eigenvalue weighted by Gasteiger charge is 2.17. The lowest BCUT2D eigenvalue weighted by atomic mass is 10.1. The third-order valence-electron chi connectivity index (χ3n) is 2.05. The Morgan fingerprint density at radius 2 is 1.93 bits per heavy atom. The van der Waals surface area contributed by atoms with E-state index in [2.05, 4.69) is 15.9 Å². The fourth-order valence-electron chi connectivity index (χ4n) is 1.30. The molecule has 1 heterocycles. The Kier molecular flexibility index (Phi) is 3.17. The first-order valence-corrected chi connectivity index (χ1v) is 6.11. The summed E-state index contributed by atoms with van der Waals surface area (Å²) in [5.41, 5.74) is 0.331. The van der Waals surface area contributed by atoms with Gasteiger partial charge in [0.15, 0.2) is 11.6 Å². The summed E-state index contributed by atoms with van der Waals surface area (Å²) in [5.74, 6) is -1.60. The molecule has 0 saturated carbocycles. The average molecular weight is 289 g/mol. The zero-order chi connectivity index (χ0) is 10.8. The quantitative estimate of drug-likeness (QED) is 0.713. The Hall–Kier alpha value is -0.740. The normalized spacial score (nSPS) is 12.7. The van der Waals surface area contributed by atoms with Gasteiger partial charge in [0.1, 0.15) is 0 Å². The molecule has 0 amide bonds. The SMILES string of the molecule is Fc1cccc(C(Br)c2cccs2)c1F. The second-order valence-corrected chi connectivity index (χ2v) is 4.92. The summed E-state index contributed by atoms with van der Waals surface area (Å²) in [4.78, 5) is 0.674. The standard InChI is InChI=1S/C11H7BrF2S/c12-10(9-5-2-6-15-9)7-3-1-4-8(13)11(7)14/h1-6,10H. The van der Waals surface area contributed by atoms with E-state index in [0.717, 1.165) is 10.9 Å². The van der Waals surface area contributed by atoms with Crippen molar-refractivity contribution >= 4 is 27.3 Å². The smallest absolute Gasteiger partial charge is 0.163 e. The van der Waals surface area contributed by atoms with Gasteiger partial charge in [-0.05, 0) is 17.5 Å². The van der Waals surface area contributed by atoms with E-state index in [9.17, 15) is 8.78 Å². The van der Waals surface area contributed by atoms with Crippen molar-refractivity contribution in [3.05, 3.63) is 57.8 Å². The fraction of sp³-hybridized carbons (Fsp3) is 0.0909. The van der Waals surface area contributed by atoms with Crippen molar-refractivity contribution in [2.75, 3.05) is 0 Å². The van der Waals surface area contributed by atoms with Crippen LogP contribution in [0.3, 0.4) is 0 Å². The van der Waals surface area contributed by atoms with Crippen LogP contribution in [0.5, 0.6) is 0 Å². The molecule has 1 unspecified atom stereocenters. The van der Waals surface area contributed by atoms with Gasteiger partial charge in [0, 0.05) is 10.4 Å². The summed E-state index contributed by atoms with van der Waals surface area (Å²) < 4.78 is 26.4. The molecule has 0 N–H and O–H groups in total. The number of benzene rings is 1. The number of hydrogen-bond donors (Lipinski definition) is 0. The first kappa shape index (κ1) is 10.8. The van der Waals surface area contributed by atoms with E-state index in [0.29, 0.717) is 5.56 Å². The van der Waals surface area contributed by atoms with Crippen LogP contribution in [0.25, 0.3) is 0 Å². The molecule has 0 aliphatic heterocycles. The molecular formula is C11H7BrF2S. The maximum Gasteiger partial charge on any atom is 0.163 e. The second-order valence-electron chi connectivity index (χ2n) is 3.02. The molecule has 1 atom stereocenters. The zero-order valence-electron chi connectivity index (χ0n) is 7.58. The zero-order valence-corrected chi connectivity index (χ0v) is 9.99. The Morgan fingerprint density at radius 3 is 2.60 bits per heavy atom. The monoisotopic (exact) mass is 288 g/mol. The number of rotatable bonds is 2. The van der Waals surface area contributed by atoms with Crippen LogP contribution in [0, 0.1) is 11.6 Å². The molecule has 0 saturated heterocycles. The second kappa shape index (κ2) is 4.41. The van der Waals surface area contributed by atoms with E-state index >= 15 is 0 Å². The van der Waals surface area contributed by atoms with Gasteiger partial charge in [-0.15, -0.1) is 11.3 Å². The number of thiophene rings is 1. The average Bonchev–Trinajstić information content (AvgIpc) is 2.74. The molecule has 15 heavy (non-hydrogen) atoms. The van der Waals surface area contributed by atoms with Crippen molar-refractivity contribution in [3.8, 4) is 0 Å². The Bertz CT molecular complexity index is 454. The maximum atomic E-state index is 13.4. The van der Waals surface area contributed by atoms with Crippen LogP contribution in [-0.4, -0.2) is 0 Å². The molecule has 2 aromatic rings. The first-order chi connectivity index (χ1) is 7.20. The van der Waals surface area contributed by atoms with Gasteiger partial charge in [0.2, 0.25) is 0 Å². The Morgan fingerprint density at radius 1 is 1.13 bits per heavy atom. The van der Waals surface area contributed by atoms with E-state index in [4.69, 9.17) is 0 Å². The van der Waals surface area contributed by atoms with Crippen LogP contribution in [-0.2, 0) is 0 Å². The van der Waals surface area contributed by atoms with Crippen molar-refractivity contribution in [2.24, 2.45) is 0 Å². The highest BCUT2D eigenvalue weighted by Crippen LogP contribution is 2.35. The van der Waals surface area contributed by atoms with Gasteiger partial charge in [-0.1, -0.05) is 34.1 Å². The van der Waals surface area contributed by atoms with Crippen molar-refractivity contribution < 1.29 is 8.78 Å². The van der Waals surface area contributed by atoms with Crippen LogP contribution in [0.15, 0.2) is 35.7 Å². The summed E-state index contributed by atoms with van der Waals surface area (Å²) in [7, 11) is 0. The molecule has 1 aromatic carbocycles. The van der Waals surface area contributed by atoms with Gasteiger partial charge in [0.05, 0.1) is 4.83 Å². The highest BCUT2D eigenvalue weighted by molar-refractivity contribution is 9.09. The molecule has 1 aromatic heterocycles. The van der Waals surface area contributed by atoms with Crippen LogP contribution in [0.4, 0.5) is 8.78 Å². The van der Waals surface area contributed by atoms with Crippen LogP contribution >= 0.6 is 27.3 Å². The lowest BCUT2D eigenvalue weighted by molar-refractivity contribution is 0.501. The molecule has 0 radical (unpaired) electrons. The van der Waals surface area contributed by atoms with E-state index in [1.165, 1.54) is 17.4 Å². The number of hydrogen-bond acceptors (Lipinski definition) is 1. The van der Waals surface area contributed by atoms with Gasteiger partial charge in [-0.2, -0.15) is 0 Å². The topological polar surface area (TPSA) is 0 Å². The van der Waals surface area contributed by atoms with Crippen LogP contribution < -0.4 is 0 Å². The molecule has 78 valence electrons. The molecule has 0 spiro atoms. The van der Waals surface area contributed by atoms with Gasteiger partial charge in [-0.3, -0.25) is 0 Å². The van der Waals surface area contributed by atoms with Gasteiger partial charge >= 0.3 is 0 Å². The summed E-state index contributed by atoms with van der Waals surface area (Å²) in [6, 6.07) is 7.97. The molecular weight excluding hydrogens is 282 g/mol. The van der Waals surface area contributed by atoms with Gasteiger partial charge < -0.3 is 0 Å². The largest absolute Gasteiger partial charge is 0.204 e. The first-order valence-electron chi connectivity index (χ1n) is 4.31. The van der Waals surface area contributed by atoms with Crippen LogP contribution in [0.1, 0.15) is 15.3 Å². The minimum atomic E-state index is -0.812. The number of alkyl halides is 1. The molecule has 0 bridgehead atoms. The molecule has 4 heteroatoms. The highest BCUT2D eigenvalue weighted by atomic mass is 79.9. The van der Waals surface area contributed by atoms with Crippen molar-refractivity contribution in [1.82, 2.24) is 0 Å². The maximum absolute atomic E-state index is 13.4. The minimum Gasteiger partial charge on any atom is -0.204 e. The Balaban J connectivity index is 2.42. The predicted octanol–water partition coefficient (Wildman–Crippen LogP) is 4.51. The predicted molar refractivity (Wildman–Crippen MR) is 61.4 cm³/mol. The van der Waals surface area contributed by atoms with E-state index < -0.39 is 11.6 Å². The minimum absolute atomic E-state index is 0.284. The third-order valence-corrected chi connectivity index (χ3v) is 4.27. The van der Waals surface area contributed by atoms with Gasteiger partial charge in [-0.25, -0.2) is 8.78 Å². The van der Waals surface area contributed by atoms with Gasteiger partial charge in [0.25, 0.3) is 0 Å². The third kappa shape index (κ3) is 2.11. The van der Waals surface area contributed by atoms with E-state index in [-0.39, 0.29) is 4.83 Å². The fourth-order valence-corrected chi connectivity index (χ4v) is 2.85. The summed E-state index contributed by atoms with van der Waals surface area (Å²) in [5, 5.41) is 1.90. The molecule has 0 aliphatic rings. The Labute approximate surface area is 98.7 Å². The molecule has 0 nitrogen and oxygen atoms in total. The molecule has 0 aliphatic carbocycles. The summed E-state index contributed by atoms with van der Waals surface area (Å²) in [6.45, 7) is 0. The summed E-state index contributed by atoms with van der Waals surface area (Å²) in [6.07, 6.45) is 0.